The predicted molar refractivity (Wildman–Crippen MR) is 111 cm³/mol. The summed E-state index contributed by atoms with van der Waals surface area (Å²) in [5, 5.41) is 0. The van der Waals surface area contributed by atoms with Crippen LogP contribution in [0.3, 0.4) is 0 Å². The molecule has 0 bridgehead atoms. The van der Waals surface area contributed by atoms with Crippen LogP contribution in [0.1, 0.15) is 32.6 Å². The van der Waals surface area contributed by atoms with Gasteiger partial charge in [-0.1, -0.05) is 0 Å². The second-order valence-corrected chi connectivity index (χ2v) is 9.87. The van der Waals surface area contributed by atoms with E-state index in [4.69, 9.17) is 10.5 Å². The van der Waals surface area contributed by atoms with Gasteiger partial charge < -0.3 is 15.4 Å². The monoisotopic (exact) mass is 428 g/mol. The first-order valence-corrected chi connectivity index (χ1v) is 11.3. The molecule has 2 N–H and O–H groups in total. The lowest BCUT2D eigenvalue weighted by molar-refractivity contribution is -0.0458. The van der Waals surface area contributed by atoms with E-state index in [2.05, 4.69) is 19.9 Å². The standard InChI is InChI=1S/C17H32N8O3S/c1-12-10-25(11-13(2)28-12)29(26,27)24-8-6-23(7-9-24)14(3)15-19-16(18)21-17(20-15)22(4)5/h12-14H,6-11H2,1-5H3,(H2,18,19,20,21). The summed E-state index contributed by atoms with van der Waals surface area (Å²) in [6.07, 6.45) is -0.204. The largest absolute Gasteiger partial charge is 0.373 e. The summed E-state index contributed by atoms with van der Waals surface area (Å²) in [7, 11) is 0.198. The molecule has 0 amide bonds. The molecule has 0 aliphatic carbocycles. The van der Waals surface area contributed by atoms with Crippen molar-refractivity contribution in [1.29, 1.82) is 0 Å². The highest BCUT2D eigenvalue weighted by molar-refractivity contribution is 7.86. The third-order valence-electron chi connectivity index (χ3n) is 5.29. The Balaban J connectivity index is 1.66. The van der Waals surface area contributed by atoms with Crippen molar-refractivity contribution in [3.8, 4) is 0 Å². The van der Waals surface area contributed by atoms with Gasteiger partial charge in [0.2, 0.25) is 11.9 Å². The summed E-state index contributed by atoms with van der Waals surface area (Å²) in [6, 6.07) is -0.0905. The molecule has 1 aromatic rings. The Hall–Kier alpha value is -1.60. The zero-order valence-electron chi connectivity index (χ0n) is 17.8. The number of piperazine rings is 1. The number of anilines is 2. The van der Waals surface area contributed by atoms with Crippen molar-refractivity contribution in [3.63, 3.8) is 0 Å². The van der Waals surface area contributed by atoms with Crippen LogP contribution in [-0.2, 0) is 14.9 Å². The minimum absolute atomic E-state index is 0.0905. The van der Waals surface area contributed by atoms with Crippen molar-refractivity contribution in [2.45, 2.75) is 39.0 Å². The summed E-state index contributed by atoms with van der Waals surface area (Å²) in [5.74, 6) is 1.28. The minimum Gasteiger partial charge on any atom is -0.373 e. The maximum Gasteiger partial charge on any atom is 0.282 e. The van der Waals surface area contributed by atoms with Gasteiger partial charge in [-0.05, 0) is 20.8 Å². The highest BCUT2D eigenvalue weighted by Crippen LogP contribution is 2.23. The Morgan fingerprint density at radius 2 is 1.62 bits per heavy atom. The lowest BCUT2D eigenvalue weighted by Gasteiger charge is -2.41. The predicted octanol–water partition coefficient (Wildman–Crippen LogP) is -0.448. The number of hydrogen-bond donors (Lipinski definition) is 1. The van der Waals surface area contributed by atoms with Crippen LogP contribution in [0.2, 0.25) is 0 Å². The van der Waals surface area contributed by atoms with Crippen LogP contribution in [0, 0.1) is 0 Å². The number of nitrogens with zero attached hydrogens (tertiary/aromatic N) is 7. The van der Waals surface area contributed by atoms with Gasteiger partial charge in [0.1, 0.15) is 0 Å². The summed E-state index contributed by atoms with van der Waals surface area (Å²) in [4.78, 5) is 16.9. The van der Waals surface area contributed by atoms with Crippen molar-refractivity contribution >= 4 is 22.1 Å². The quantitative estimate of drug-likeness (QED) is 0.665. The lowest BCUT2D eigenvalue weighted by Crippen LogP contribution is -2.57. The highest BCUT2D eigenvalue weighted by Gasteiger charge is 2.37. The van der Waals surface area contributed by atoms with E-state index in [0.29, 0.717) is 51.0 Å². The smallest absolute Gasteiger partial charge is 0.282 e. The van der Waals surface area contributed by atoms with Gasteiger partial charge in [0, 0.05) is 53.4 Å². The van der Waals surface area contributed by atoms with Crippen LogP contribution in [0.15, 0.2) is 0 Å². The Morgan fingerprint density at radius 3 is 2.17 bits per heavy atom. The summed E-state index contributed by atoms with van der Waals surface area (Å²) in [5.41, 5.74) is 5.84. The molecule has 0 radical (unpaired) electrons. The Morgan fingerprint density at radius 1 is 1.03 bits per heavy atom. The van der Waals surface area contributed by atoms with Crippen molar-refractivity contribution < 1.29 is 13.2 Å². The Labute approximate surface area is 173 Å². The van der Waals surface area contributed by atoms with E-state index >= 15 is 0 Å². The number of nitrogen functional groups attached to an aromatic ring is 1. The summed E-state index contributed by atoms with van der Waals surface area (Å²) >= 11 is 0. The van der Waals surface area contributed by atoms with Crippen LogP contribution in [-0.4, -0.2) is 102 Å². The minimum atomic E-state index is -3.50. The maximum atomic E-state index is 13.1. The molecule has 3 heterocycles. The summed E-state index contributed by atoms with van der Waals surface area (Å²) in [6.45, 7) is 8.63. The van der Waals surface area contributed by atoms with Crippen molar-refractivity contribution in [2.75, 3.05) is 64.0 Å². The van der Waals surface area contributed by atoms with Gasteiger partial charge in [0.25, 0.3) is 10.2 Å². The highest BCUT2D eigenvalue weighted by atomic mass is 32.2. The van der Waals surface area contributed by atoms with Gasteiger partial charge in [-0.15, -0.1) is 0 Å². The molecular formula is C17H32N8O3S. The lowest BCUT2D eigenvalue weighted by atomic mass is 10.2. The third kappa shape index (κ3) is 4.94. The van der Waals surface area contributed by atoms with Crippen LogP contribution in [0.4, 0.5) is 11.9 Å². The van der Waals surface area contributed by atoms with E-state index in [1.807, 2.05) is 34.9 Å². The first-order chi connectivity index (χ1) is 13.6. The van der Waals surface area contributed by atoms with Gasteiger partial charge in [0.05, 0.1) is 18.2 Å². The third-order valence-corrected chi connectivity index (χ3v) is 7.26. The number of morpholine rings is 1. The molecule has 12 heteroatoms. The molecule has 0 aromatic carbocycles. The molecule has 29 heavy (non-hydrogen) atoms. The molecule has 164 valence electrons. The fraction of sp³-hybridized carbons (Fsp3) is 0.824. The molecule has 3 rings (SSSR count). The van der Waals surface area contributed by atoms with E-state index in [9.17, 15) is 8.42 Å². The molecule has 3 unspecified atom stereocenters. The molecule has 2 aliphatic heterocycles. The van der Waals surface area contributed by atoms with Crippen LogP contribution < -0.4 is 10.6 Å². The fourth-order valence-electron chi connectivity index (χ4n) is 3.75. The molecule has 2 saturated heterocycles. The van der Waals surface area contributed by atoms with E-state index < -0.39 is 10.2 Å². The molecule has 2 fully saturated rings. The van der Waals surface area contributed by atoms with Gasteiger partial charge in [-0.3, -0.25) is 4.90 Å². The first-order valence-electron chi connectivity index (χ1n) is 9.91. The average Bonchev–Trinajstić information content (AvgIpc) is 2.66. The molecule has 2 aliphatic rings. The van der Waals surface area contributed by atoms with Gasteiger partial charge >= 0.3 is 0 Å². The molecule has 0 spiro atoms. The molecule has 1 aromatic heterocycles. The zero-order valence-corrected chi connectivity index (χ0v) is 18.6. The van der Waals surface area contributed by atoms with Crippen molar-refractivity contribution in [1.82, 2.24) is 28.5 Å². The number of ether oxygens (including phenoxy) is 1. The Kier molecular flexibility index (Phi) is 6.58. The maximum absolute atomic E-state index is 13.1. The van der Waals surface area contributed by atoms with Gasteiger partial charge in [0.15, 0.2) is 5.82 Å². The van der Waals surface area contributed by atoms with Crippen LogP contribution in [0.5, 0.6) is 0 Å². The van der Waals surface area contributed by atoms with Gasteiger partial charge in [-0.25, -0.2) is 0 Å². The average molecular weight is 429 g/mol. The van der Waals surface area contributed by atoms with E-state index in [1.54, 1.807) is 13.5 Å². The summed E-state index contributed by atoms with van der Waals surface area (Å²) < 4.78 is 34.9. The fourth-order valence-corrected chi connectivity index (χ4v) is 5.50. The van der Waals surface area contributed by atoms with Gasteiger partial charge in [-0.2, -0.15) is 32.0 Å². The van der Waals surface area contributed by atoms with E-state index in [1.165, 1.54) is 0 Å². The van der Waals surface area contributed by atoms with Crippen molar-refractivity contribution in [3.05, 3.63) is 5.82 Å². The number of rotatable bonds is 5. The molecule has 0 saturated carbocycles. The zero-order chi connectivity index (χ0) is 21.3. The Bertz CT molecular complexity index is 803. The topological polar surface area (TPSA) is 121 Å². The number of aromatic nitrogens is 3. The second kappa shape index (κ2) is 8.64. The molecular weight excluding hydrogens is 396 g/mol. The SMILES string of the molecule is CC1CN(S(=O)(=O)N2CCN(C(C)c3nc(N)nc(N(C)C)n3)CC2)CC(C)O1. The van der Waals surface area contributed by atoms with Crippen LogP contribution in [0.25, 0.3) is 0 Å². The van der Waals surface area contributed by atoms with Crippen molar-refractivity contribution in [2.24, 2.45) is 0 Å². The molecule has 3 atom stereocenters. The van der Waals surface area contributed by atoms with E-state index in [0.717, 1.165) is 0 Å². The normalized spacial score (nSPS) is 26.4. The second-order valence-electron chi connectivity index (χ2n) is 7.94. The molecule has 11 nitrogen and oxygen atoms in total. The number of hydrogen-bond acceptors (Lipinski definition) is 9. The first kappa shape index (κ1) is 22.1. The number of nitrogens with two attached hydrogens (primary N) is 1. The van der Waals surface area contributed by atoms with E-state index in [-0.39, 0.29) is 24.2 Å². The van der Waals surface area contributed by atoms with Crippen LogP contribution >= 0.6 is 0 Å².